The normalized spacial score (nSPS) is 10.5. The van der Waals surface area contributed by atoms with E-state index >= 15 is 0 Å². The zero-order valence-electron chi connectivity index (χ0n) is 6.71. The van der Waals surface area contributed by atoms with Gasteiger partial charge >= 0.3 is 5.97 Å². The lowest BCUT2D eigenvalue weighted by atomic mass is 10.4. The molecule has 0 aromatic carbocycles. The van der Waals surface area contributed by atoms with E-state index in [2.05, 4.69) is 10.1 Å². The fourth-order valence-electron chi connectivity index (χ4n) is 1.12. The third kappa shape index (κ3) is 1.48. The summed E-state index contributed by atoms with van der Waals surface area (Å²) in [5.41, 5.74) is 1.42. The zero-order valence-corrected chi connectivity index (χ0v) is 6.71. The maximum atomic E-state index is 10.4. The summed E-state index contributed by atoms with van der Waals surface area (Å²) in [6.45, 7) is -0.129. The molecule has 2 rings (SSSR count). The number of hydrogen-bond acceptors (Lipinski definition) is 3. The lowest BCUT2D eigenvalue weighted by molar-refractivity contribution is -0.137. The topological polar surface area (TPSA) is 68.0 Å². The van der Waals surface area contributed by atoms with Gasteiger partial charge in [0.2, 0.25) is 0 Å². The molecule has 5 nitrogen and oxygen atoms in total. The van der Waals surface area contributed by atoms with Gasteiger partial charge in [0.25, 0.3) is 0 Å². The molecule has 2 heterocycles. The molecule has 5 heteroatoms. The Balaban J connectivity index is 2.44. The van der Waals surface area contributed by atoms with Gasteiger partial charge in [-0.1, -0.05) is 0 Å². The molecule has 0 aliphatic heterocycles. The molecular formula is C8H7N3O2. The van der Waals surface area contributed by atoms with Crippen LogP contribution in [0.15, 0.2) is 24.5 Å². The van der Waals surface area contributed by atoms with Gasteiger partial charge in [0, 0.05) is 6.20 Å². The van der Waals surface area contributed by atoms with Crippen LogP contribution in [-0.2, 0) is 11.3 Å². The summed E-state index contributed by atoms with van der Waals surface area (Å²) in [4.78, 5) is 14.4. The van der Waals surface area contributed by atoms with E-state index in [0.717, 1.165) is 0 Å². The Labute approximate surface area is 73.6 Å². The summed E-state index contributed by atoms with van der Waals surface area (Å²) >= 11 is 0. The SMILES string of the molecule is O=C(O)Cn1cc2ncccc2n1. The summed E-state index contributed by atoms with van der Waals surface area (Å²) in [6, 6.07) is 3.56. The second-order valence-electron chi connectivity index (χ2n) is 2.63. The number of fused-ring (bicyclic) bond motifs is 1. The maximum absolute atomic E-state index is 10.4. The van der Waals surface area contributed by atoms with Crippen LogP contribution in [0.25, 0.3) is 11.0 Å². The quantitative estimate of drug-likeness (QED) is 0.725. The highest BCUT2D eigenvalue weighted by molar-refractivity contribution is 5.73. The Kier molecular flexibility index (Phi) is 1.70. The highest BCUT2D eigenvalue weighted by atomic mass is 16.4. The van der Waals surface area contributed by atoms with Crippen LogP contribution in [0, 0.1) is 0 Å². The summed E-state index contributed by atoms with van der Waals surface area (Å²) in [5, 5.41) is 12.5. The van der Waals surface area contributed by atoms with Gasteiger partial charge in [0.05, 0.1) is 6.20 Å². The van der Waals surface area contributed by atoms with Gasteiger partial charge < -0.3 is 5.11 Å². The summed E-state index contributed by atoms with van der Waals surface area (Å²) in [6.07, 6.45) is 3.26. The molecule has 66 valence electrons. The smallest absolute Gasteiger partial charge is 0.325 e. The monoisotopic (exact) mass is 177 g/mol. The molecule has 0 amide bonds. The lowest BCUT2D eigenvalue weighted by Gasteiger charge is -1.91. The summed E-state index contributed by atoms with van der Waals surface area (Å²) in [7, 11) is 0. The van der Waals surface area contributed by atoms with Gasteiger partial charge in [-0.05, 0) is 12.1 Å². The van der Waals surface area contributed by atoms with E-state index < -0.39 is 5.97 Å². The summed E-state index contributed by atoms with van der Waals surface area (Å²) in [5.74, 6) is -0.909. The van der Waals surface area contributed by atoms with Crippen molar-refractivity contribution in [2.24, 2.45) is 0 Å². The molecule has 0 aliphatic carbocycles. The van der Waals surface area contributed by atoms with Gasteiger partial charge in [-0.15, -0.1) is 0 Å². The second-order valence-corrected chi connectivity index (χ2v) is 2.63. The van der Waals surface area contributed by atoms with E-state index in [1.165, 1.54) is 4.68 Å². The number of carboxylic acids is 1. The third-order valence-corrected chi connectivity index (χ3v) is 1.62. The Morgan fingerprint density at radius 2 is 2.38 bits per heavy atom. The van der Waals surface area contributed by atoms with Crippen molar-refractivity contribution in [3.63, 3.8) is 0 Å². The predicted octanol–water partition coefficient (Wildman–Crippen LogP) is 0.516. The number of aromatic nitrogens is 3. The van der Waals surface area contributed by atoms with Crippen LogP contribution in [0.1, 0.15) is 0 Å². The zero-order chi connectivity index (χ0) is 9.26. The number of aliphatic carboxylic acids is 1. The van der Waals surface area contributed by atoms with E-state index in [9.17, 15) is 4.79 Å². The van der Waals surface area contributed by atoms with Crippen molar-refractivity contribution in [2.45, 2.75) is 6.54 Å². The van der Waals surface area contributed by atoms with Crippen molar-refractivity contribution in [3.8, 4) is 0 Å². The van der Waals surface area contributed by atoms with E-state index in [1.807, 2.05) is 0 Å². The molecule has 0 bridgehead atoms. The van der Waals surface area contributed by atoms with Crippen molar-refractivity contribution < 1.29 is 9.90 Å². The van der Waals surface area contributed by atoms with Crippen LogP contribution in [0.3, 0.4) is 0 Å². The maximum Gasteiger partial charge on any atom is 0.325 e. The first-order valence-electron chi connectivity index (χ1n) is 3.76. The molecule has 0 aliphatic rings. The van der Waals surface area contributed by atoms with Gasteiger partial charge in [0.15, 0.2) is 0 Å². The van der Waals surface area contributed by atoms with Crippen LogP contribution in [0.5, 0.6) is 0 Å². The van der Waals surface area contributed by atoms with Crippen molar-refractivity contribution >= 4 is 17.0 Å². The van der Waals surface area contributed by atoms with Gasteiger partial charge in [-0.25, -0.2) is 0 Å². The molecule has 13 heavy (non-hydrogen) atoms. The molecule has 0 spiro atoms. The molecular weight excluding hydrogens is 170 g/mol. The molecule has 0 fully saturated rings. The van der Waals surface area contributed by atoms with Crippen molar-refractivity contribution in [1.29, 1.82) is 0 Å². The Hall–Kier alpha value is -1.91. The Morgan fingerprint density at radius 3 is 3.08 bits per heavy atom. The molecule has 0 saturated carbocycles. The van der Waals surface area contributed by atoms with Gasteiger partial charge in [-0.2, -0.15) is 5.10 Å². The third-order valence-electron chi connectivity index (χ3n) is 1.62. The van der Waals surface area contributed by atoms with Gasteiger partial charge in [0.1, 0.15) is 17.6 Å². The minimum absolute atomic E-state index is 0.129. The number of carboxylic acid groups (broad SMARTS) is 1. The van der Waals surface area contributed by atoms with Crippen LogP contribution in [0.2, 0.25) is 0 Å². The average molecular weight is 177 g/mol. The molecule has 2 aromatic rings. The van der Waals surface area contributed by atoms with Crippen LogP contribution >= 0.6 is 0 Å². The van der Waals surface area contributed by atoms with Crippen molar-refractivity contribution in [3.05, 3.63) is 24.5 Å². The molecule has 0 saturated heterocycles. The Morgan fingerprint density at radius 1 is 1.54 bits per heavy atom. The van der Waals surface area contributed by atoms with Crippen LogP contribution in [0.4, 0.5) is 0 Å². The van der Waals surface area contributed by atoms with E-state index in [0.29, 0.717) is 11.0 Å². The Bertz CT molecular complexity index is 416. The molecule has 0 unspecified atom stereocenters. The summed E-state index contributed by atoms with van der Waals surface area (Å²) < 4.78 is 1.36. The minimum atomic E-state index is -0.909. The first-order chi connectivity index (χ1) is 6.25. The predicted molar refractivity (Wildman–Crippen MR) is 45.2 cm³/mol. The highest BCUT2D eigenvalue weighted by Gasteiger charge is 2.03. The van der Waals surface area contributed by atoms with Crippen LogP contribution in [-0.4, -0.2) is 25.8 Å². The first kappa shape index (κ1) is 7.72. The molecule has 1 N–H and O–H groups in total. The standard InChI is InChI=1S/C8H7N3O2/c12-8(13)5-11-4-7-6(10-11)2-1-3-9-7/h1-4H,5H2,(H,12,13). The van der Waals surface area contributed by atoms with E-state index in [4.69, 9.17) is 5.11 Å². The largest absolute Gasteiger partial charge is 0.480 e. The molecule has 0 radical (unpaired) electrons. The van der Waals surface area contributed by atoms with Crippen LogP contribution < -0.4 is 0 Å². The van der Waals surface area contributed by atoms with E-state index in [-0.39, 0.29) is 6.54 Å². The number of nitrogens with zero attached hydrogens (tertiary/aromatic N) is 3. The first-order valence-corrected chi connectivity index (χ1v) is 3.76. The number of pyridine rings is 1. The van der Waals surface area contributed by atoms with Crippen molar-refractivity contribution in [2.75, 3.05) is 0 Å². The van der Waals surface area contributed by atoms with Gasteiger partial charge in [-0.3, -0.25) is 14.5 Å². The fourth-order valence-corrected chi connectivity index (χ4v) is 1.12. The lowest BCUT2D eigenvalue weighted by Crippen LogP contribution is -2.08. The average Bonchev–Trinajstić information content (AvgIpc) is 2.44. The minimum Gasteiger partial charge on any atom is -0.480 e. The fraction of sp³-hybridized carbons (Fsp3) is 0.125. The van der Waals surface area contributed by atoms with Crippen molar-refractivity contribution in [1.82, 2.24) is 14.8 Å². The number of carbonyl (C=O) groups is 1. The number of hydrogen-bond donors (Lipinski definition) is 1. The number of rotatable bonds is 2. The highest BCUT2D eigenvalue weighted by Crippen LogP contribution is 2.06. The molecule has 0 atom stereocenters. The second kappa shape index (κ2) is 2.85. The van der Waals surface area contributed by atoms with E-state index in [1.54, 1.807) is 24.5 Å². The molecule has 2 aromatic heterocycles.